The maximum Gasteiger partial charge on any atom is 0.240 e. The van der Waals surface area contributed by atoms with Gasteiger partial charge in [-0.2, -0.15) is 4.98 Å². The summed E-state index contributed by atoms with van der Waals surface area (Å²) >= 11 is 5.84. The van der Waals surface area contributed by atoms with Crippen molar-refractivity contribution in [3.63, 3.8) is 0 Å². The highest BCUT2D eigenvalue weighted by atomic mass is 35.5. The lowest BCUT2D eigenvalue weighted by Crippen LogP contribution is -2.43. The molecule has 0 radical (unpaired) electrons. The Kier molecular flexibility index (Phi) is 5.62. The Bertz CT molecular complexity index is 556. The van der Waals surface area contributed by atoms with Crippen molar-refractivity contribution in [2.75, 3.05) is 44.0 Å². The summed E-state index contributed by atoms with van der Waals surface area (Å²) in [4.78, 5) is 25.9. The van der Waals surface area contributed by atoms with Gasteiger partial charge in [-0.05, 0) is 13.0 Å². The largest absolute Gasteiger partial charge is 0.349 e. The highest BCUT2D eigenvalue weighted by molar-refractivity contribution is 6.30. The number of aromatic nitrogens is 2. The van der Waals surface area contributed by atoms with Crippen molar-refractivity contribution in [3.05, 3.63) is 12.3 Å². The van der Waals surface area contributed by atoms with E-state index in [9.17, 15) is 9.18 Å². The number of rotatable bonds is 5. The number of likely N-dealkylation sites (N-methyl/N-ethyl adjacent to an activating group) is 1. The van der Waals surface area contributed by atoms with Gasteiger partial charge in [0.2, 0.25) is 11.9 Å². The van der Waals surface area contributed by atoms with Gasteiger partial charge in [0.05, 0.1) is 12.6 Å². The SMILES string of the molecule is CC(Cl)C(=O)N(C)C[C@@H]1C[C@H](F)CN1c1ccnc(N(C)C)n1. The first kappa shape index (κ1) is 17.7. The van der Waals surface area contributed by atoms with E-state index in [1.165, 1.54) is 0 Å². The van der Waals surface area contributed by atoms with E-state index in [4.69, 9.17) is 11.6 Å². The summed E-state index contributed by atoms with van der Waals surface area (Å²) in [6.07, 6.45) is 1.10. The van der Waals surface area contributed by atoms with Crippen molar-refractivity contribution in [2.45, 2.75) is 30.9 Å². The minimum absolute atomic E-state index is 0.126. The molecule has 2 rings (SSSR count). The van der Waals surface area contributed by atoms with Crippen LogP contribution in [0.15, 0.2) is 12.3 Å². The first-order valence-corrected chi connectivity index (χ1v) is 8.03. The van der Waals surface area contributed by atoms with Crippen LogP contribution >= 0.6 is 11.6 Å². The van der Waals surface area contributed by atoms with Gasteiger partial charge in [0.25, 0.3) is 0 Å². The Balaban J connectivity index is 2.16. The maximum absolute atomic E-state index is 14.0. The van der Waals surface area contributed by atoms with E-state index in [0.29, 0.717) is 24.7 Å². The third kappa shape index (κ3) is 4.22. The van der Waals surface area contributed by atoms with Crippen LogP contribution in [0.4, 0.5) is 16.2 Å². The van der Waals surface area contributed by atoms with Crippen molar-refractivity contribution in [3.8, 4) is 0 Å². The fourth-order valence-electron chi connectivity index (χ4n) is 2.74. The summed E-state index contributed by atoms with van der Waals surface area (Å²) in [5.74, 6) is 1.08. The lowest BCUT2D eigenvalue weighted by Gasteiger charge is -2.30. The van der Waals surface area contributed by atoms with Crippen LogP contribution in [0.25, 0.3) is 0 Å². The number of halogens is 2. The number of alkyl halides is 2. The van der Waals surface area contributed by atoms with Crippen LogP contribution in [0, 0.1) is 0 Å². The molecular formula is C15H23ClFN5O. The number of carbonyl (C=O) groups is 1. The maximum atomic E-state index is 14.0. The van der Waals surface area contributed by atoms with Crippen LogP contribution in [0.3, 0.4) is 0 Å². The van der Waals surface area contributed by atoms with Crippen LogP contribution < -0.4 is 9.80 Å². The Labute approximate surface area is 141 Å². The Morgan fingerprint density at radius 3 is 2.83 bits per heavy atom. The third-order valence-electron chi connectivity index (χ3n) is 3.89. The molecule has 3 atom stereocenters. The molecule has 6 nitrogen and oxygen atoms in total. The molecule has 1 fully saturated rings. The molecule has 0 aliphatic carbocycles. The van der Waals surface area contributed by atoms with E-state index in [1.807, 2.05) is 19.0 Å². The van der Waals surface area contributed by atoms with Crippen LogP contribution in [0.1, 0.15) is 13.3 Å². The average Bonchev–Trinajstić information content (AvgIpc) is 2.86. The van der Waals surface area contributed by atoms with Gasteiger partial charge >= 0.3 is 0 Å². The summed E-state index contributed by atoms with van der Waals surface area (Å²) in [6, 6.07) is 1.64. The summed E-state index contributed by atoms with van der Waals surface area (Å²) in [7, 11) is 5.40. The molecule has 0 N–H and O–H groups in total. The predicted octanol–water partition coefficient (Wildman–Crippen LogP) is 1.55. The summed E-state index contributed by atoms with van der Waals surface area (Å²) in [5, 5.41) is -0.588. The van der Waals surface area contributed by atoms with Crippen molar-refractivity contribution in [1.82, 2.24) is 14.9 Å². The molecule has 0 bridgehead atoms. The molecule has 8 heteroatoms. The summed E-state index contributed by atoms with van der Waals surface area (Å²) in [5.41, 5.74) is 0. The van der Waals surface area contributed by atoms with Crippen LogP contribution in [-0.4, -0.2) is 72.6 Å². The Morgan fingerprint density at radius 1 is 1.52 bits per heavy atom. The first-order chi connectivity index (χ1) is 10.8. The highest BCUT2D eigenvalue weighted by Crippen LogP contribution is 2.27. The Morgan fingerprint density at radius 2 is 2.22 bits per heavy atom. The van der Waals surface area contributed by atoms with Gasteiger partial charge in [-0.1, -0.05) is 0 Å². The monoisotopic (exact) mass is 343 g/mol. The highest BCUT2D eigenvalue weighted by Gasteiger charge is 2.35. The molecule has 1 aromatic rings. The normalized spacial score (nSPS) is 22.1. The zero-order valence-corrected chi connectivity index (χ0v) is 14.7. The van der Waals surface area contributed by atoms with Gasteiger partial charge in [0, 0.05) is 40.3 Å². The van der Waals surface area contributed by atoms with Gasteiger partial charge in [0.1, 0.15) is 17.4 Å². The quantitative estimate of drug-likeness (QED) is 0.759. The fourth-order valence-corrected chi connectivity index (χ4v) is 2.90. The van der Waals surface area contributed by atoms with E-state index in [0.717, 1.165) is 0 Å². The van der Waals surface area contributed by atoms with E-state index < -0.39 is 11.5 Å². The molecule has 1 unspecified atom stereocenters. The molecule has 1 aliphatic heterocycles. The molecule has 2 heterocycles. The average molecular weight is 344 g/mol. The van der Waals surface area contributed by atoms with Crippen molar-refractivity contribution >= 4 is 29.3 Å². The minimum atomic E-state index is -0.935. The molecule has 0 aromatic carbocycles. The zero-order chi connectivity index (χ0) is 17.1. The number of amides is 1. The lowest BCUT2D eigenvalue weighted by molar-refractivity contribution is -0.129. The number of carbonyl (C=O) groups excluding carboxylic acids is 1. The van der Waals surface area contributed by atoms with Crippen molar-refractivity contribution < 1.29 is 9.18 Å². The Hall–Kier alpha value is -1.63. The topological polar surface area (TPSA) is 52.6 Å². The number of anilines is 2. The van der Waals surface area contributed by atoms with Crippen molar-refractivity contribution in [2.24, 2.45) is 0 Å². The lowest BCUT2D eigenvalue weighted by atomic mass is 10.2. The van der Waals surface area contributed by atoms with Crippen LogP contribution in [0.2, 0.25) is 0 Å². The van der Waals surface area contributed by atoms with Gasteiger partial charge in [-0.25, -0.2) is 9.37 Å². The van der Waals surface area contributed by atoms with E-state index in [1.54, 1.807) is 36.0 Å². The van der Waals surface area contributed by atoms with Gasteiger partial charge in [-0.15, -0.1) is 11.6 Å². The van der Waals surface area contributed by atoms with Crippen LogP contribution in [0.5, 0.6) is 0 Å². The second-order valence-corrected chi connectivity index (χ2v) is 6.74. The number of nitrogens with zero attached hydrogens (tertiary/aromatic N) is 5. The molecular weight excluding hydrogens is 321 g/mol. The molecule has 1 saturated heterocycles. The predicted molar refractivity (Wildman–Crippen MR) is 90.0 cm³/mol. The molecule has 23 heavy (non-hydrogen) atoms. The third-order valence-corrected chi connectivity index (χ3v) is 4.07. The second kappa shape index (κ2) is 7.29. The van der Waals surface area contributed by atoms with Crippen LogP contribution in [-0.2, 0) is 4.79 Å². The standard InChI is InChI=1S/C15H23ClFN5O/c1-10(16)14(23)21(4)9-12-7-11(17)8-22(12)13-5-6-18-15(19-13)20(2)3/h5-6,10-12H,7-9H2,1-4H3/t10?,11-,12-/m0/s1. The van der Waals surface area contributed by atoms with Gasteiger partial charge < -0.3 is 14.7 Å². The molecule has 128 valence electrons. The summed E-state index contributed by atoms with van der Waals surface area (Å²) < 4.78 is 14.0. The molecule has 1 aliphatic rings. The smallest absolute Gasteiger partial charge is 0.240 e. The minimum Gasteiger partial charge on any atom is -0.349 e. The fraction of sp³-hybridized carbons (Fsp3) is 0.667. The molecule has 0 spiro atoms. The molecule has 0 saturated carbocycles. The first-order valence-electron chi connectivity index (χ1n) is 7.59. The molecule has 1 aromatic heterocycles. The van der Waals surface area contributed by atoms with E-state index in [2.05, 4.69) is 9.97 Å². The van der Waals surface area contributed by atoms with Crippen molar-refractivity contribution in [1.29, 1.82) is 0 Å². The van der Waals surface area contributed by atoms with Gasteiger partial charge in [-0.3, -0.25) is 4.79 Å². The number of hydrogen-bond donors (Lipinski definition) is 0. The van der Waals surface area contributed by atoms with E-state index >= 15 is 0 Å². The molecule has 1 amide bonds. The number of hydrogen-bond acceptors (Lipinski definition) is 5. The van der Waals surface area contributed by atoms with E-state index in [-0.39, 0.29) is 18.5 Å². The zero-order valence-electron chi connectivity index (χ0n) is 13.9. The van der Waals surface area contributed by atoms with Gasteiger partial charge in [0.15, 0.2) is 0 Å². The second-order valence-electron chi connectivity index (χ2n) is 6.08. The summed E-state index contributed by atoms with van der Waals surface area (Å²) in [6.45, 7) is 2.32.